The first kappa shape index (κ1) is 34.2. The van der Waals surface area contributed by atoms with Crippen molar-refractivity contribution in [3.05, 3.63) is 123 Å². The van der Waals surface area contributed by atoms with E-state index in [1.165, 1.54) is 66.8 Å². The van der Waals surface area contributed by atoms with Crippen molar-refractivity contribution in [2.45, 2.75) is 104 Å². The molecule has 0 amide bonds. The van der Waals surface area contributed by atoms with E-state index in [1.54, 1.807) is 0 Å². The fourth-order valence-electron chi connectivity index (χ4n) is 8.59. The highest BCUT2D eigenvalue weighted by Gasteiger charge is 2.48. The number of ether oxygens (including phenoxy) is 1. The van der Waals surface area contributed by atoms with Crippen molar-refractivity contribution >= 4 is 20.2 Å². The molecule has 250 valence electrons. The molecule has 0 bridgehead atoms. The van der Waals surface area contributed by atoms with Gasteiger partial charge < -0.3 is 4.74 Å². The van der Waals surface area contributed by atoms with Crippen molar-refractivity contribution in [2.75, 3.05) is 6.61 Å². The SMILES string of the molecule is CC1=Cc2c(-c3ccc(C(C)(C)C)cc3)cccc2C1[Si](C)(C)C1C(C)=Cc2c1cc(C(C)(C)C)c(OCC(C)C)c2-c1ccccc1. The Morgan fingerprint density at radius 3 is 1.85 bits per heavy atom. The Bertz CT molecular complexity index is 1890. The number of hydrogen-bond donors (Lipinski definition) is 0. The maximum atomic E-state index is 6.81. The highest BCUT2D eigenvalue weighted by molar-refractivity contribution is 6.81. The van der Waals surface area contributed by atoms with Crippen molar-refractivity contribution in [3.63, 3.8) is 0 Å². The first-order valence-corrected chi connectivity index (χ1v) is 21.2. The van der Waals surface area contributed by atoms with Crippen molar-refractivity contribution < 1.29 is 4.74 Å². The van der Waals surface area contributed by atoms with E-state index in [0.29, 0.717) is 23.6 Å². The normalized spacial score (nSPS) is 17.7. The minimum absolute atomic E-state index is 0.0646. The second kappa shape index (κ2) is 12.4. The molecule has 48 heavy (non-hydrogen) atoms. The largest absolute Gasteiger partial charge is 0.492 e. The van der Waals surface area contributed by atoms with Gasteiger partial charge in [0.15, 0.2) is 0 Å². The number of fused-ring (bicyclic) bond motifs is 2. The van der Waals surface area contributed by atoms with Crippen molar-refractivity contribution in [1.82, 2.24) is 0 Å². The van der Waals surface area contributed by atoms with Crippen LogP contribution in [0.25, 0.3) is 34.4 Å². The van der Waals surface area contributed by atoms with Gasteiger partial charge in [-0.3, -0.25) is 0 Å². The molecule has 6 rings (SSSR count). The van der Waals surface area contributed by atoms with Crippen LogP contribution in [0.1, 0.15) is 114 Å². The quantitative estimate of drug-likeness (QED) is 0.181. The minimum atomic E-state index is -2.06. The summed E-state index contributed by atoms with van der Waals surface area (Å²) in [5.41, 5.74) is 17.6. The van der Waals surface area contributed by atoms with Crippen molar-refractivity contribution in [3.8, 4) is 28.0 Å². The van der Waals surface area contributed by atoms with Gasteiger partial charge in [0, 0.05) is 22.2 Å². The fourth-order valence-corrected chi connectivity index (χ4v) is 13.5. The van der Waals surface area contributed by atoms with Crippen molar-refractivity contribution in [1.29, 1.82) is 0 Å². The Labute approximate surface area is 292 Å². The molecular formula is C46H56OSi. The van der Waals surface area contributed by atoms with Gasteiger partial charge in [0.2, 0.25) is 0 Å². The molecule has 1 nitrogen and oxygen atoms in total. The summed E-state index contributed by atoms with van der Waals surface area (Å²) in [6.45, 7) is 29.1. The summed E-state index contributed by atoms with van der Waals surface area (Å²) in [5.74, 6) is 1.51. The molecule has 2 heteroatoms. The van der Waals surface area contributed by atoms with E-state index >= 15 is 0 Å². The van der Waals surface area contributed by atoms with Gasteiger partial charge in [-0.25, -0.2) is 0 Å². The fraction of sp³-hybridized carbons (Fsp3) is 0.391. The molecule has 0 radical (unpaired) electrons. The van der Waals surface area contributed by atoms with Crippen LogP contribution in [0.15, 0.2) is 90.0 Å². The summed E-state index contributed by atoms with van der Waals surface area (Å²) in [5, 5.41) is 0. The lowest BCUT2D eigenvalue weighted by molar-refractivity contribution is 0.266. The Kier molecular flexibility index (Phi) is 8.82. The molecule has 2 atom stereocenters. The molecule has 0 fully saturated rings. The third kappa shape index (κ3) is 6.06. The maximum absolute atomic E-state index is 6.81. The number of hydrogen-bond acceptors (Lipinski definition) is 1. The van der Waals surface area contributed by atoms with Crippen molar-refractivity contribution in [2.24, 2.45) is 5.92 Å². The van der Waals surface area contributed by atoms with E-state index in [4.69, 9.17) is 4.74 Å². The molecule has 4 aromatic rings. The number of rotatable bonds is 7. The van der Waals surface area contributed by atoms with Crippen LogP contribution in [-0.4, -0.2) is 14.7 Å². The number of benzene rings is 4. The molecule has 0 N–H and O–H groups in total. The Balaban J connectivity index is 1.50. The van der Waals surface area contributed by atoms with Crippen LogP contribution in [0.3, 0.4) is 0 Å². The van der Waals surface area contributed by atoms with E-state index < -0.39 is 8.07 Å². The first-order valence-electron chi connectivity index (χ1n) is 18.0. The summed E-state index contributed by atoms with van der Waals surface area (Å²) in [6.07, 6.45) is 5.02. The monoisotopic (exact) mass is 652 g/mol. The average Bonchev–Trinajstić information content (AvgIpc) is 3.54. The second-order valence-corrected chi connectivity index (χ2v) is 22.3. The van der Waals surface area contributed by atoms with E-state index in [-0.39, 0.29) is 10.8 Å². The molecule has 4 aromatic carbocycles. The summed E-state index contributed by atoms with van der Waals surface area (Å²) < 4.78 is 6.81. The zero-order chi connectivity index (χ0) is 34.8. The summed E-state index contributed by atoms with van der Waals surface area (Å²) >= 11 is 0. The third-order valence-corrected chi connectivity index (χ3v) is 15.3. The summed E-state index contributed by atoms with van der Waals surface area (Å²) in [4.78, 5) is 0. The molecule has 2 unspecified atom stereocenters. The molecule has 0 aliphatic heterocycles. The molecule has 0 heterocycles. The summed E-state index contributed by atoms with van der Waals surface area (Å²) in [7, 11) is -2.06. The highest BCUT2D eigenvalue weighted by atomic mass is 28.3. The van der Waals surface area contributed by atoms with Gasteiger partial charge >= 0.3 is 0 Å². The molecule has 2 aliphatic rings. The number of allylic oxidation sites excluding steroid dienone is 2. The third-order valence-electron chi connectivity index (χ3n) is 10.7. The topological polar surface area (TPSA) is 9.23 Å². The van der Waals surface area contributed by atoms with Crippen LogP contribution in [0.2, 0.25) is 13.1 Å². The van der Waals surface area contributed by atoms with Crippen LogP contribution < -0.4 is 4.74 Å². The van der Waals surface area contributed by atoms with E-state index in [9.17, 15) is 0 Å². The molecule has 0 aromatic heterocycles. The van der Waals surface area contributed by atoms with Crippen LogP contribution in [0.4, 0.5) is 0 Å². The van der Waals surface area contributed by atoms with Crippen LogP contribution in [0, 0.1) is 5.92 Å². The lowest BCUT2D eigenvalue weighted by Gasteiger charge is -2.40. The van der Waals surface area contributed by atoms with Crippen LogP contribution in [0.5, 0.6) is 5.75 Å². The molecule has 0 saturated carbocycles. The molecule has 0 spiro atoms. The zero-order valence-corrected chi connectivity index (χ0v) is 32.5. The van der Waals surface area contributed by atoms with Gasteiger partial charge in [0.25, 0.3) is 0 Å². The molecule has 2 aliphatic carbocycles. The standard InChI is InChI=1S/C46H56OSi/c1-29(2)28-47-42-40(46(8,9)10)27-39-38(41(42)33-17-14-13-15-18-33)26-31(4)44(39)48(11,12)43-30(3)25-37-35(19-16-20-36(37)43)32-21-23-34(24-22-32)45(5,6)7/h13-27,29,43-44H,28H2,1-12H3. The Hall–Kier alpha value is -3.62. The van der Waals surface area contributed by atoms with E-state index in [1.807, 2.05) is 0 Å². The first-order chi connectivity index (χ1) is 22.5. The minimum Gasteiger partial charge on any atom is -0.492 e. The molecular weight excluding hydrogens is 597 g/mol. The lowest BCUT2D eigenvalue weighted by atomic mass is 9.81. The average molecular weight is 653 g/mol. The van der Waals surface area contributed by atoms with E-state index in [2.05, 4.69) is 173 Å². The molecule has 0 saturated heterocycles. The highest BCUT2D eigenvalue weighted by Crippen LogP contribution is 2.56. The van der Waals surface area contributed by atoms with Crippen LogP contribution >= 0.6 is 0 Å². The van der Waals surface area contributed by atoms with Gasteiger partial charge in [-0.2, -0.15) is 0 Å². The lowest BCUT2D eigenvalue weighted by Crippen LogP contribution is -2.42. The predicted molar refractivity (Wildman–Crippen MR) is 212 cm³/mol. The Morgan fingerprint density at radius 1 is 0.667 bits per heavy atom. The smallest absolute Gasteiger partial charge is 0.131 e. The van der Waals surface area contributed by atoms with Gasteiger partial charge in [0.1, 0.15) is 5.75 Å². The van der Waals surface area contributed by atoms with Gasteiger partial charge in [-0.1, -0.05) is 171 Å². The second-order valence-electron chi connectivity index (χ2n) is 17.6. The maximum Gasteiger partial charge on any atom is 0.131 e. The van der Waals surface area contributed by atoms with Gasteiger partial charge in [-0.05, 0) is 75.1 Å². The summed E-state index contributed by atoms with van der Waals surface area (Å²) in [6, 6.07) is 29.8. The Morgan fingerprint density at radius 2 is 1.27 bits per heavy atom. The van der Waals surface area contributed by atoms with Gasteiger partial charge in [0.05, 0.1) is 14.7 Å². The van der Waals surface area contributed by atoms with Crippen LogP contribution in [-0.2, 0) is 10.8 Å². The predicted octanol–water partition coefficient (Wildman–Crippen LogP) is 13.1. The zero-order valence-electron chi connectivity index (χ0n) is 31.5. The van der Waals surface area contributed by atoms with Gasteiger partial charge in [-0.15, -0.1) is 0 Å². The van der Waals surface area contributed by atoms with E-state index in [0.717, 1.165) is 5.75 Å².